The van der Waals surface area contributed by atoms with Gasteiger partial charge in [0.15, 0.2) is 0 Å². The molecule has 12 heteroatoms. The molecule has 30 heavy (non-hydrogen) atoms. The minimum atomic E-state index is 0.217. The van der Waals surface area contributed by atoms with Gasteiger partial charge in [-0.05, 0) is 0 Å². The molecule has 1 saturated heterocycles. The largest absolute Gasteiger partial charge is 0.264 e. The van der Waals surface area contributed by atoms with Crippen LogP contribution in [0.15, 0.2) is 0 Å². The topological polar surface area (TPSA) is 55.4 Å². The van der Waals surface area contributed by atoms with Gasteiger partial charge < -0.3 is 0 Å². The van der Waals surface area contributed by atoms with Gasteiger partial charge in [-0.15, -0.1) is 29.0 Å². The SMILES string of the molecule is C[N+]1(C)CO[N+](C)(C)CO[N+](C)(C)CO[N+](C)(C)CO[N+](C)(C)CO[N+](C)(C)CO1. The van der Waals surface area contributed by atoms with Gasteiger partial charge in [0, 0.05) is 0 Å². The quantitative estimate of drug-likeness (QED) is 0.482. The number of hydrogen-bond donors (Lipinski definition) is 0. The Morgan fingerprint density at radius 2 is 0.367 bits per heavy atom. The Balaban J connectivity index is 2.96. The smallest absolute Gasteiger partial charge is 0.151 e. The summed E-state index contributed by atoms with van der Waals surface area (Å²) in [5.74, 6) is 0. The van der Waals surface area contributed by atoms with E-state index < -0.39 is 0 Å². The van der Waals surface area contributed by atoms with E-state index in [0.29, 0.717) is 40.4 Å². The van der Waals surface area contributed by atoms with Gasteiger partial charge in [-0.2, -0.15) is 27.9 Å². The minimum Gasteiger partial charge on any atom is -0.151 e. The van der Waals surface area contributed by atoms with Crippen molar-refractivity contribution in [2.24, 2.45) is 0 Å². The molecule has 0 radical (unpaired) electrons. The van der Waals surface area contributed by atoms with Crippen LogP contribution in [0.4, 0.5) is 0 Å². The van der Waals surface area contributed by atoms with Crippen LogP contribution in [0.2, 0.25) is 0 Å². The van der Waals surface area contributed by atoms with Gasteiger partial charge in [-0.1, -0.05) is 0 Å². The average Bonchev–Trinajstić information content (AvgIpc) is 2.60. The summed E-state index contributed by atoms with van der Waals surface area (Å²) < 4.78 is 1.30. The van der Waals surface area contributed by atoms with Crippen molar-refractivity contribution in [3.8, 4) is 0 Å². The maximum atomic E-state index is 6.06. The van der Waals surface area contributed by atoms with E-state index in [-0.39, 0.29) is 27.9 Å². The van der Waals surface area contributed by atoms with Gasteiger partial charge in [-0.25, -0.2) is 0 Å². The zero-order chi connectivity index (χ0) is 23.5. The molecule has 0 N–H and O–H groups in total. The molecule has 0 aliphatic carbocycles. The molecule has 0 atom stereocenters. The van der Waals surface area contributed by atoms with Gasteiger partial charge in [0.1, 0.15) is 84.6 Å². The van der Waals surface area contributed by atoms with E-state index in [9.17, 15) is 0 Å². The maximum absolute atomic E-state index is 6.06. The lowest BCUT2D eigenvalue weighted by Crippen LogP contribution is -2.57. The minimum absolute atomic E-state index is 0.217. The number of rotatable bonds is 0. The van der Waals surface area contributed by atoms with Gasteiger partial charge in [0.05, 0.1) is 0 Å². The van der Waals surface area contributed by atoms with Crippen LogP contribution in [-0.4, -0.2) is 153 Å². The normalized spacial score (nSPS) is 30.0. The van der Waals surface area contributed by atoms with E-state index in [0.717, 1.165) is 0 Å². The van der Waals surface area contributed by atoms with Crippen molar-refractivity contribution >= 4 is 0 Å². The third-order valence-corrected chi connectivity index (χ3v) is 4.31. The second-order valence-corrected chi connectivity index (χ2v) is 11.0. The van der Waals surface area contributed by atoms with E-state index >= 15 is 0 Å². The molecule has 0 bridgehead atoms. The Morgan fingerprint density at radius 1 is 0.267 bits per heavy atom. The van der Waals surface area contributed by atoms with Crippen LogP contribution in [0.3, 0.4) is 0 Å². The van der Waals surface area contributed by atoms with Gasteiger partial charge >= 0.3 is 0 Å². The molecule has 0 saturated carbocycles. The summed E-state index contributed by atoms with van der Waals surface area (Å²) in [6, 6.07) is 0. The summed E-state index contributed by atoms with van der Waals surface area (Å²) in [5, 5.41) is 0. The molecule has 0 aromatic rings. The Hall–Kier alpha value is -0.480. The van der Waals surface area contributed by atoms with Gasteiger partial charge in [-0.3, -0.25) is 0 Å². The van der Waals surface area contributed by atoms with Crippen molar-refractivity contribution in [3.63, 3.8) is 0 Å². The Bertz CT molecular complexity index is 393. The Kier molecular flexibility index (Phi) is 8.79. The highest BCUT2D eigenvalue weighted by Crippen LogP contribution is 2.14. The summed E-state index contributed by atoms with van der Waals surface area (Å²) in [5.41, 5.74) is 0. The number of hydroxylamine groups is 18. The van der Waals surface area contributed by atoms with E-state index in [2.05, 4.69) is 0 Å². The second kappa shape index (κ2) is 9.57. The molecule has 1 heterocycles. The Morgan fingerprint density at radius 3 is 0.467 bits per heavy atom. The zero-order valence-electron chi connectivity index (χ0n) is 21.4. The van der Waals surface area contributed by atoms with Crippen LogP contribution in [0.25, 0.3) is 0 Å². The predicted octanol–water partition coefficient (Wildman–Crippen LogP) is -0.207. The van der Waals surface area contributed by atoms with Gasteiger partial charge in [0.25, 0.3) is 40.4 Å². The van der Waals surface area contributed by atoms with E-state index in [1.165, 1.54) is 0 Å². The predicted molar refractivity (Wildman–Crippen MR) is 108 cm³/mol. The molecule has 0 unspecified atom stereocenters. The van der Waals surface area contributed by atoms with Crippen molar-refractivity contribution < 1.29 is 56.9 Å². The van der Waals surface area contributed by atoms with Crippen LogP contribution < -0.4 is 0 Å². The average molecular weight is 445 g/mol. The summed E-state index contributed by atoms with van der Waals surface area (Å²) in [6.07, 6.45) is 0. The number of hydrogen-bond acceptors (Lipinski definition) is 6. The summed E-state index contributed by atoms with van der Waals surface area (Å²) in [6.45, 7) is 2.05. The van der Waals surface area contributed by atoms with E-state index in [1.807, 2.05) is 84.6 Å². The molecule has 1 aliphatic heterocycles. The van der Waals surface area contributed by atoms with Gasteiger partial charge in [0.2, 0.25) is 0 Å². The van der Waals surface area contributed by atoms with Crippen LogP contribution in [0.1, 0.15) is 0 Å². The lowest BCUT2D eigenvalue weighted by Gasteiger charge is -2.37. The zero-order valence-corrected chi connectivity index (χ0v) is 21.4. The fraction of sp³-hybridized carbons (Fsp3) is 1.00. The third kappa shape index (κ3) is 11.2. The molecule has 180 valence electrons. The maximum Gasteiger partial charge on any atom is 0.264 e. The molecular weight excluding hydrogens is 396 g/mol. The van der Waals surface area contributed by atoms with Crippen LogP contribution >= 0.6 is 0 Å². The van der Waals surface area contributed by atoms with Crippen molar-refractivity contribution in [1.82, 2.24) is 0 Å². The van der Waals surface area contributed by atoms with E-state index in [1.54, 1.807) is 0 Å². The fourth-order valence-corrected chi connectivity index (χ4v) is 2.00. The molecule has 1 rings (SSSR count). The molecular formula is C18H48N6O6+6. The molecule has 0 aromatic carbocycles. The number of quaternary nitrogens is 6. The monoisotopic (exact) mass is 444 g/mol. The summed E-state index contributed by atoms with van der Waals surface area (Å²) >= 11 is 0. The second-order valence-electron chi connectivity index (χ2n) is 11.0. The first-order valence-corrected chi connectivity index (χ1v) is 10.1. The summed E-state index contributed by atoms with van der Waals surface area (Å²) in [7, 11) is 23.3. The summed E-state index contributed by atoms with van der Waals surface area (Å²) in [4.78, 5) is 36.4. The van der Waals surface area contributed by atoms with Crippen molar-refractivity contribution in [2.75, 3.05) is 125 Å². The number of nitrogens with zero attached hydrogens (tertiary/aromatic N) is 6. The van der Waals surface area contributed by atoms with Crippen LogP contribution in [0, 0.1) is 0 Å². The lowest BCUT2D eigenvalue weighted by atomic mass is 10.8. The lowest BCUT2D eigenvalue weighted by molar-refractivity contribution is -1.24. The molecule has 0 amide bonds. The standard InChI is InChI=1S/C18H48N6O6/c1-19(2)13-26-21(5,6)15-28-23(9,10)17-30-24(11,12)18-29-22(7,8)16-27-20(3,4)14-25-19/h13-18H2,1-12H3/q+6. The van der Waals surface area contributed by atoms with Crippen molar-refractivity contribution in [1.29, 1.82) is 0 Å². The highest BCUT2D eigenvalue weighted by atomic mass is 16.9. The highest BCUT2D eigenvalue weighted by Gasteiger charge is 2.36. The van der Waals surface area contributed by atoms with Crippen molar-refractivity contribution in [2.45, 2.75) is 0 Å². The molecule has 1 aliphatic rings. The molecule has 0 spiro atoms. The van der Waals surface area contributed by atoms with Crippen LogP contribution in [0.5, 0.6) is 0 Å². The van der Waals surface area contributed by atoms with Crippen molar-refractivity contribution in [3.05, 3.63) is 0 Å². The third-order valence-electron chi connectivity index (χ3n) is 4.31. The first-order chi connectivity index (χ1) is 13.2. The molecule has 0 aromatic heterocycles. The first kappa shape index (κ1) is 27.6. The van der Waals surface area contributed by atoms with Crippen LogP contribution in [-0.2, 0) is 29.0 Å². The molecule has 1 fully saturated rings. The Labute approximate surface area is 182 Å². The molecule has 12 nitrogen and oxygen atoms in total. The first-order valence-electron chi connectivity index (χ1n) is 10.1. The fourth-order valence-electron chi connectivity index (χ4n) is 2.00. The van der Waals surface area contributed by atoms with E-state index in [4.69, 9.17) is 29.0 Å². The highest BCUT2D eigenvalue weighted by molar-refractivity contribution is 4.07.